The van der Waals surface area contributed by atoms with E-state index in [0.29, 0.717) is 0 Å². The van der Waals surface area contributed by atoms with Gasteiger partial charge in [0.1, 0.15) is 0 Å². The Balaban J connectivity index is 4.81. The van der Waals surface area contributed by atoms with Crippen LogP contribution in [0.2, 0.25) is 0 Å². The van der Waals surface area contributed by atoms with Gasteiger partial charge in [-0.05, 0) is 20.8 Å². The molecule has 0 unspecified atom stereocenters. The van der Waals surface area contributed by atoms with Crippen LogP contribution >= 0.6 is 0 Å². The summed E-state index contributed by atoms with van der Waals surface area (Å²) in [7, 11) is 0. The summed E-state index contributed by atoms with van der Waals surface area (Å²) < 4.78 is 0. The van der Waals surface area contributed by atoms with Gasteiger partial charge in [-0.1, -0.05) is 20.8 Å². The third-order valence-corrected chi connectivity index (χ3v) is 1.36. The van der Waals surface area contributed by atoms with E-state index in [9.17, 15) is 0 Å². The summed E-state index contributed by atoms with van der Waals surface area (Å²) in [6, 6.07) is 0. The first kappa shape index (κ1) is 11.3. The van der Waals surface area contributed by atoms with Crippen molar-refractivity contribution in [3.63, 3.8) is 0 Å². The molecule has 0 fully saturated rings. The maximum atomic E-state index is 7.24. The van der Waals surface area contributed by atoms with Crippen LogP contribution in [0.3, 0.4) is 0 Å². The first-order valence-corrected chi connectivity index (χ1v) is 4.27. The van der Waals surface area contributed by atoms with Crippen LogP contribution < -0.4 is 0 Å². The van der Waals surface area contributed by atoms with E-state index in [4.69, 9.17) is 5.41 Å². The maximum absolute atomic E-state index is 7.24. The molecule has 0 heterocycles. The van der Waals surface area contributed by atoms with Gasteiger partial charge in [0.25, 0.3) is 0 Å². The van der Waals surface area contributed by atoms with Crippen LogP contribution in [-0.4, -0.2) is 17.5 Å². The molecule has 0 saturated heterocycles. The van der Waals surface area contributed by atoms with Crippen molar-refractivity contribution in [2.24, 2.45) is 10.4 Å². The Morgan fingerprint density at radius 2 is 1.50 bits per heavy atom. The average Bonchev–Trinajstić information content (AvgIpc) is 1.78. The first-order valence-electron chi connectivity index (χ1n) is 4.27. The molecule has 0 aliphatic carbocycles. The van der Waals surface area contributed by atoms with Crippen LogP contribution in [0.5, 0.6) is 0 Å². The second-order valence-corrected chi connectivity index (χ2v) is 5.06. The summed E-state index contributed by atoms with van der Waals surface area (Å²) in [6.45, 7) is 12.3. The SMILES string of the molecule is CC(C)(C)N=C(C=N)C(C)(C)C. The largest absolute Gasteiger partial charge is 0.307 e. The van der Waals surface area contributed by atoms with E-state index in [1.165, 1.54) is 6.21 Å². The average molecular weight is 168 g/mol. The zero-order valence-electron chi connectivity index (χ0n) is 9.02. The number of aliphatic imine (C=N–C) groups is 1. The smallest absolute Gasteiger partial charge is 0.0583 e. The lowest BCUT2D eigenvalue weighted by atomic mass is 9.90. The maximum Gasteiger partial charge on any atom is 0.0583 e. The minimum Gasteiger partial charge on any atom is -0.307 e. The zero-order valence-corrected chi connectivity index (χ0v) is 9.02. The highest BCUT2D eigenvalue weighted by Crippen LogP contribution is 2.18. The monoisotopic (exact) mass is 168 g/mol. The van der Waals surface area contributed by atoms with Gasteiger partial charge < -0.3 is 5.41 Å². The summed E-state index contributed by atoms with van der Waals surface area (Å²) in [5, 5.41) is 7.24. The minimum atomic E-state index is -0.0832. The molecule has 12 heavy (non-hydrogen) atoms. The molecule has 1 N–H and O–H groups in total. The molecule has 0 aromatic rings. The fourth-order valence-corrected chi connectivity index (χ4v) is 0.778. The second kappa shape index (κ2) is 3.38. The molecule has 0 saturated carbocycles. The lowest BCUT2D eigenvalue weighted by molar-refractivity contribution is 0.546. The molecule has 0 bridgehead atoms. The van der Waals surface area contributed by atoms with Crippen molar-refractivity contribution in [2.45, 2.75) is 47.1 Å². The van der Waals surface area contributed by atoms with Gasteiger partial charge in [-0.3, -0.25) is 4.99 Å². The van der Waals surface area contributed by atoms with E-state index < -0.39 is 0 Å². The lowest BCUT2D eigenvalue weighted by Crippen LogP contribution is -2.26. The molecule has 0 aliphatic rings. The van der Waals surface area contributed by atoms with Gasteiger partial charge in [0.2, 0.25) is 0 Å². The molecule has 0 aromatic carbocycles. The van der Waals surface area contributed by atoms with Crippen LogP contribution in [0.4, 0.5) is 0 Å². The van der Waals surface area contributed by atoms with Gasteiger partial charge in [0, 0.05) is 11.6 Å². The Morgan fingerprint density at radius 3 is 1.58 bits per heavy atom. The molecule has 2 heteroatoms. The molecule has 0 aromatic heterocycles. The quantitative estimate of drug-likeness (QED) is 0.584. The number of rotatable bonds is 1. The van der Waals surface area contributed by atoms with Crippen molar-refractivity contribution in [2.75, 3.05) is 0 Å². The molecule has 0 spiro atoms. The Labute approximate surface area is 75.6 Å². The topological polar surface area (TPSA) is 36.2 Å². The van der Waals surface area contributed by atoms with E-state index in [-0.39, 0.29) is 11.0 Å². The van der Waals surface area contributed by atoms with E-state index in [1.54, 1.807) is 0 Å². The number of nitrogens with one attached hydrogen (secondary N) is 1. The first-order chi connectivity index (χ1) is 5.17. The van der Waals surface area contributed by atoms with Crippen LogP contribution in [0.15, 0.2) is 4.99 Å². The minimum absolute atomic E-state index is 0.0188. The van der Waals surface area contributed by atoms with E-state index in [2.05, 4.69) is 25.8 Å². The van der Waals surface area contributed by atoms with E-state index in [0.717, 1.165) is 5.71 Å². The second-order valence-electron chi connectivity index (χ2n) is 5.06. The highest BCUT2D eigenvalue weighted by Gasteiger charge is 2.19. The standard InChI is InChI=1S/C10H20N2/c1-9(2,3)8(7-11)12-10(4,5)6/h7,11H,1-6H3. The Kier molecular flexibility index (Phi) is 3.19. The van der Waals surface area contributed by atoms with Gasteiger partial charge in [-0.15, -0.1) is 0 Å². The normalized spacial score (nSPS) is 14.7. The summed E-state index contributed by atoms with van der Waals surface area (Å²) in [5.41, 5.74) is 0.754. The molecule has 0 atom stereocenters. The summed E-state index contributed by atoms with van der Waals surface area (Å²) in [4.78, 5) is 4.47. The molecule has 2 nitrogen and oxygen atoms in total. The fourth-order valence-electron chi connectivity index (χ4n) is 0.778. The third kappa shape index (κ3) is 4.27. The number of hydrogen-bond donors (Lipinski definition) is 1. The zero-order chi connectivity index (χ0) is 9.99. The predicted octanol–water partition coefficient (Wildman–Crippen LogP) is 2.92. The summed E-state index contributed by atoms with van der Waals surface area (Å²) >= 11 is 0. The van der Waals surface area contributed by atoms with Crippen LogP contribution in [0, 0.1) is 10.8 Å². The summed E-state index contributed by atoms with van der Waals surface area (Å²) in [6.07, 6.45) is 1.35. The van der Waals surface area contributed by atoms with Crippen molar-refractivity contribution in [3.05, 3.63) is 0 Å². The van der Waals surface area contributed by atoms with E-state index >= 15 is 0 Å². The molecule has 70 valence electrons. The fraction of sp³-hybridized carbons (Fsp3) is 0.800. The molecule has 0 rings (SSSR count). The van der Waals surface area contributed by atoms with E-state index in [1.807, 2.05) is 20.8 Å². The van der Waals surface area contributed by atoms with Gasteiger partial charge in [-0.2, -0.15) is 0 Å². The van der Waals surface area contributed by atoms with Gasteiger partial charge in [0.15, 0.2) is 0 Å². The van der Waals surface area contributed by atoms with Crippen LogP contribution in [0.25, 0.3) is 0 Å². The molecule has 0 aliphatic heterocycles. The van der Waals surface area contributed by atoms with Crippen LogP contribution in [-0.2, 0) is 0 Å². The Morgan fingerprint density at radius 1 is 1.08 bits per heavy atom. The summed E-state index contributed by atoms with van der Waals surface area (Å²) in [5.74, 6) is 0. The number of nitrogens with zero attached hydrogens (tertiary/aromatic N) is 1. The van der Waals surface area contributed by atoms with Crippen LogP contribution in [0.1, 0.15) is 41.5 Å². The molecule has 0 radical (unpaired) electrons. The van der Waals surface area contributed by atoms with Crippen molar-refractivity contribution in [1.29, 1.82) is 5.41 Å². The van der Waals surface area contributed by atoms with Crippen molar-refractivity contribution >= 4 is 11.9 Å². The lowest BCUT2D eigenvalue weighted by Gasteiger charge is -2.22. The molecular formula is C10H20N2. The highest BCUT2D eigenvalue weighted by molar-refractivity contribution is 6.31. The third-order valence-electron chi connectivity index (χ3n) is 1.36. The van der Waals surface area contributed by atoms with Gasteiger partial charge in [0.05, 0.1) is 11.3 Å². The van der Waals surface area contributed by atoms with Crippen molar-refractivity contribution < 1.29 is 0 Å². The van der Waals surface area contributed by atoms with Gasteiger partial charge in [-0.25, -0.2) is 0 Å². The Hall–Kier alpha value is -0.660. The molecule has 0 amide bonds. The highest BCUT2D eigenvalue weighted by atomic mass is 14.8. The molecular weight excluding hydrogens is 148 g/mol. The van der Waals surface area contributed by atoms with Gasteiger partial charge >= 0.3 is 0 Å². The van der Waals surface area contributed by atoms with Crippen molar-refractivity contribution in [3.8, 4) is 0 Å². The number of hydrogen-bond acceptors (Lipinski definition) is 2. The Bertz CT molecular complexity index is 189. The van der Waals surface area contributed by atoms with Crippen molar-refractivity contribution in [1.82, 2.24) is 0 Å². The predicted molar refractivity (Wildman–Crippen MR) is 55.4 cm³/mol.